The zero-order chi connectivity index (χ0) is 19.6. The number of rotatable bonds is 6. The van der Waals surface area contributed by atoms with E-state index in [-0.39, 0.29) is 5.56 Å². The Labute approximate surface area is 156 Å². The van der Waals surface area contributed by atoms with Crippen LogP contribution in [0.4, 0.5) is 0 Å². The van der Waals surface area contributed by atoms with E-state index in [1.54, 1.807) is 50.3 Å². The molecule has 0 radical (unpaired) electrons. The van der Waals surface area contributed by atoms with Gasteiger partial charge in [0.2, 0.25) is 5.75 Å². The fraction of sp³-hybridized carbons (Fsp3) is 0.200. The van der Waals surface area contributed by atoms with E-state index in [0.717, 1.165) is 22.5 Å². The lowest BCUT2D eigenvalue weighted by Crippen LogP contribution is -1.97. The van der Waals surface area contributed by atoms with Crippen LogP contribution < -0.4 is 14.2 Å². The molecule has 0 amide bonds. The third-order valence-electron chi connectivity index (χ3n) is 4.27. The number of carboxylic acid groups (broad SMARTS) is 1. The first-order chi connectivity index (χ1) is 13.0. The van der Waals surface area contributed by atoms with E-state index in [4.69, 9.17) is 19.3 Å². The summed E-state index contributed by atoms with van der Waals surface area (Å²) in [4.78, 5) is 11.0. The topological polar surface area (TPSA) is 82.8 Å². The number of aromatic nitrogens is 2. The molecule has 2 aromatic carbocycles. The smallest absolute Gasteiger partial charge is 0.335 e. The van der Waals surface area contributed by atoms with E-state index >= 15 is 0 Å². The Morgan fingerprint density at radius 1 is 0.926 bits per heavy atom. The molecule has 0 aliphatic heterocycles. The van der Waals surface area contributed by atoms with Gasteiger partial charge in [-0.15, -0.1) is 0 Å². The van der Waals surface area contributed by atoms with Crippen molar-refractivity contribution in [3.05, 3.63) is 48.0 Å². The van der Waals surface area contributed by atoms with Gasteiger partial charge in [-0.1, -0.05) is 12.1 Å². The summed E-state index contributed by atoms with van der Waals surface area (Å²) in [6, 6.07) is 12.3. The number of aromatic carboxylic acids is 1. The molecule has 1 heterocycles. The molecule has 0 saturated carbocycles. The van der Waals surface area contributed by atoms with Gasteiger partial charge in [-0.2, -0.15) is 5.10 Å². The number of nitrogens with zero attached hydrogens (tertiary/aromatic N) is 2. The zero-order valence-electron chi connectivity index (χ0n) is 15.5. The SMILES string of the molecule is COc1cc(-c2cc(-c3ccc(C(=O)O)cc3)n(C)n2)cc(OC)c1OC. The van der Waals surface area contributed by atoms with Crippen LogP contribution in [0.15, 0.2) is 42.5 Å². The van der Waals surface area contributed by atoms with E-state index in [0.29, 0.717) is 17.2 Å². The van der Waals surface area contributed by atoms with Crippen LogP contribution in [0.2, 0.25) is 0 Å². The van der Waals surface area contributed by atoms with Gasteiger partial charge in [-0.05, 0) is 35.9 Å². The summed E-state index contributed by atoms with van der Waals surface area (Å²) in [7, 11) is 6.52. The fourth-order valence-corrected chi connectivity index (χ4v) is 2.89. The lowest BCUT2D eigenvalue weighted by molar-refractivity contribution is 0.0697. The van der Waals surface area contributed by atoms with Crippen molar-refractivity contribution >= 4 is 5.97 Å². The predicted molar refractivity (Wildman–Crippen MR) is 101 cm³/mol. The number of carbonyl (C=O) groups is 1. The molecule has 7 nitrogen and oxygen atoms in total. The molecule has 27 heavy (non-hydrogen) atoms. The van der Waals surface area contributed by atoms with Gasteiger partial charge in [0.25, 0.3) is 0 Å². The van der Waals surface area contributed by atoms with Gasteiger partial charge in [0.1, 0.15) is 0 Å². The number of hydrogen-bond acceptors (Lipinski definition) is 5. The van der Waals surface area contributed by atoms with E-state index in [1.807, 2.05) is 25.2 Å². The van der Waals surface area contributed by atoms with Crippen molar-refractivity contribution < 1.29 is 24.1 Å². The summed E-state index contributed by atoms with van der Waals surface area (Å²) in [5, 5.41) is 13.6. The van der Waals surface area contributed by atoms with Crippen LogP contribution >= 0.6 is 0 Å². The minimum absolute atomic E-state index is 0.241. The molecule has 0 bridgehead atoms. The average Bonchev–Trinajstić information content (AvgIpc) is 3.08. The quantitative estimate of drug-likeness (QED) is 0.717. The summed E-state index contributed by atoms with van der Waals surface area (Å²) >= 11 is 0. The van der Waals surface area contributed by atoms with Crippen molar-refractivity contribution in [2.45, 2.75) is 0 Å². The van der Waals surface area contributed by atoms with Crippen molar-refractivity contribution in [2.75, 3.05) is 21.3 Å². The highest BCUT2D eigenvalue weighted by molar-refractivity contribution is 5.88. The van der Waals surface area contributed by atoms with Crippen LogP contribution in [-0.4, -0.2) is 42.2 Å². The van der Waals surface area contributed by atoms with Crippen molar-refractivity contribution in [1.82, 2.24) is 9.78 Å². The van der Waals surface area contributed by atoms with Gasteiger partial charge in [0.15, 0.2) is 11.5 Å². The monoisotopic (exact) mass is 368 g/mol. The minimum Gasteiger partial charge on any atom is -0.493 e. The van der Waals surface area contributed by atoms with Gasteiger partial charge >= 0.3 is 5.97 Å². The molecule has 1 aromatic heterocycles. The standard InChI is InChI=1S/C20H20N2O5/c1-22-16(12-5-7-13(8-6-12)20(23)24)11-15(21-22)14-9-17(25-2)19(27-4)18(10-14)26-3/h5-11H,1-4H3,(H,23,24). The predicted octanol–water partition coefficient (Wildman–Crippen LogP) is 3.48. The van der Waals surface area contributed by atoms with Crippen LogP contribution in [0.25, 0.3) is 22.5 Å². The highest BCUT2D eigenvalue weighted by atomic mass is 16.5. The molecular formula is C20H20N2O5. The summed E-state index contributed by atoms with van der Waals surface area (Å²) in [5.74, 6) is 0.656. The molecule has 140 valence electrons. The Bertz CT molecular complexity index is 952. The van der Waals surface area contributed by atoms with E-state index in [9.17, 15) is 4.79 Å². The zero-order valence-corrected chi connectivity index (χ0v) is 15.5. The third kappa shape index (κ3) is 3.44. The van der Waals surface area contributed by atoms with Crippen LogP contribution in [0.5, 0.6) is 17.2 Å². The average molecular weight is 368 g/mol. The Balaban J connectivity index is 2.05. The molecular weight excluding hydrogens is 348 g/mol. The molecule has 0 atom stereocenters. The first kappa shape index (κ1) is 18.3. The fourth-order valence-electron chi connectivity index (χ4n) is 2.89. The van der Waals surface area contributed by atoms with Gasteiger partial charge in [0, 0.05) is 12.6 Å². The Morgan fingerprint density at radius 3 is 2.00 bits per heavy atom. The number of aryl methyl sites for hydroxylation is 1. The molecule has 0 saturated heterocycles. The molecule has 0 aliphatic rings. The van der Waals surface area contributed by atoms with Crippen LogP contribution in [-0.2, 0) is 7.05 Å². The van der Waals surface area contributed by atoms with E-state index in [2.05, 4.69) is 5.10 Å². The van der Waals surface area contributed by atoms with E-state index < -0.39 is 5.97 Å². The molecule has 0 fully saturated rings. The number of hydrogen-bond donors (Lipinski definition) is 1. The maximum absolute atomic E-state index is 11.0. The van der Waals surface area contributed by atoms with Crippen molar-refractivity contribution in [3.63, 3.8) is 0 Å². The molecule has 0 unspecified atom stereocenters. The van der Waals surface area contributed by atoms with Gasteiger partial charge in [0.05, 0.1) is 38.3 Å². The molecule has 7 heteroatoms. The second kappa shape index (κ2) is 7.41. The first-order valence-corrected chi connectivity index (χ1v) is 8.16. The summed E-state index contributed by atoms with van der Waals surface area (Å²) in [6.45, 7) is 0. The third-order valence-corrected chi connectivity index (χ3v) is 4.27. The largest absolute Gasteiger partial charge is 0.493 e. The molecule has 0 spiro atoms. The maximum atomic E-state index is 11.0. The van der Waals surface area contributed by atoms with Crippen LogP contribution in [0, 0.1) is 0 Å². The summed E-state index contributed by atoms with van der Waals surface area (Å²) < 4.78 is 17.9. The minimum atomic E-state index is -0.954. The molecule has 0 aliphatic carbocycles. The number of carboxylic acids is 1. The van der Waals surface area contributed by atoms with Crippen LogP contribution in [0.3, 0.4) is 0 Å². The van der Waals surface area contributed by atoms with Gasteiger partial charge < -0.3 is 19.3 Å². The molecule has 3 aromatic rings. The highest BCUT2D eigenvalue weighted by Gasteiger charge is 2.17. The van der Waals surface area contributed by atoms with Crippen molar-refractivity contribution in [2.24, 2.45) is 7.05 Å². The van der Waals surface area contributed by atoms with Crippen LogP contribution in [0.1, 0.15) is 10.4 Å². The molecule has 1 N–H and O–H groups in total. The van der Waals surface area contributed by atoms with E-state index in [1.165, 1.54) is 0 Å². The maximum Gasteiger partial charge on any atom is 0.335 e. The Hall–Kier alpha value is -3.48. The first-order valence-electron chi connectivity index (χ1n) is 8.16. The lowest BCUT2D eigenvalue weighted by Gasteiger charge is -2.13. The normalized spacial score (nSPS) is 10.5. The number of ether oxygens (including phenoxy) is 3. The number of methoxy groups -OCH3 is 3. The second-order valence-electron chi connectivity index (χ2n) is 5.83. The summed E-state index contributed by atoms with van der Waals surface area (Å²) in [5.41, 5.74) is 3.51. The van der Waals surface area contributed by atoms with Crippen molar-refractivity contribution in [3.8, 4) is 39.8 Å². The van der Waals surface area contributed by atoms with Crippen molar-refractivity contribution in [1.29, 1.82) is 0 Å². The second-order valence-corrected chi connectivity index (χ2v) is 5.83. The molecule has 3 rings (SSSR count). The Kier molecular flexibility index (Phi) is 5.03. The lowest BCUT2D eigenvalue weighted by atomic mass is 10.1. The highest BCUT2D eigenvalue weighted by Crippen LogP contribution is 2.41. The number of benzene rings is 2. The Morgan fingerprint density at radius 2 is 1.52 bits per heavy atom. The summed E-state index contributed by atoms with van der Waals surface area (Å²) in [6.07, 6.45) is 0. The van der Waals surface area contributed by atoms with Gasteiger partial charge in [-0.25, -0.2) is 4.79 Å². The van der Waals surface area contributed by atoms with Gasteiger partial charge in [-0.3, -0.25) is 4.68 Å².